The number of benzene rings is 2. The van der Waals surface area contributed by atoms with Gasteiger partial charge < -0.3 is 10.4 Å². The van der Waals surface area contributed by atoms with Crippen LogP contribution in [0.25, 0.3) is 16.9 Å². The Bertz CT molecular complexity index is 938. The Morgan fingerprint density at radius 3 is 2.72 bits per heavy atom. The molecule has 0 saturated carbocycles. The summed E-state index contributed by atoms with van der Waals surface area (Å²) < 4.78 is 1.73. The average molecular weight is 376 g/mol. The average Bonchev–Trinajstić information content (AvgIpc) is 3.03. The zero-order valence-electron chi connectivity index (χ0n) is 13.3. The zero-order chi connectivity index (χ0) is 18.0. The molecule has 2 N–H and O–H groups in total. The highest BCUT2D eigenvalue weighted by Gasteiger charge is 2.10. The maximum Gasteiger partial charge on any atom is 0.404 e. The first-order chi connectivity index (χ1) is 11.9. The van der Waals surface area contributed by atoms with E-state index in [9.17, 15) is 4.79 Å². The van der Waals surface area contributed by atoms with E-state index in [-0.39, 0.29) is 6.54 Å². The number of carboxylic acid groups (broad SMARTS) is 1. The van der Waals surface area contributed by atoms with Crippen molar-refractivity contribution >= 4 is 29.3 Å². The molecule has 25 heavy (non-hydrogen) atoms. The van der Waals surface area contributed by atoms with Gasteiger partial charge in [-0.2, -0.15) is 5.10 Å². The van der Waals surface area contributed by atoms with E-state index in [1.54, 1.807) is 16.8 Å². The first-order valence-electron chi connectivity index (χ1n) is 7.52. The summed E-state index contributed by atoms with van der Waals surface area (Å²) in [5, 5.41) is 16.8. The van der Waals surface area contributed by atoms with E-state index >= 15 is 0 Å². The lowest BCUT2D eigenvalue weighted by atomic mass is 10.1. The van der Waals surface area contributed by atoms with Gasteiger partial charge in [0.1, 0.15) is 0 Å². The van der Waals surface area contributed by atoms with E-state index in [2.05, 4.69) is 10.4 Å². The topological polar surface area (TPSA) is 67.2 Å². The summed E-state index contributed by atoms with van der Waals surface area (Å²) in [6, 6.07) is 12.9. The van der Waals surface area contributed by atoms with Crippen LogP contribution in [-0.2, 0) is 6.54 Å². The van der Waals surface area contributed by atoms with Crippen molar-refractivity contribution in [1.29, 1.82) is 0 Å². The molecule has 0 unspecified atom stereocenters. The summed E-state index contributed by atoms with van der Waals surface area (Å²) >= 11 is 12.2. The van der Waals surface area contributed by atoms with Crippen molar-refractivity contribution in [2.75, 3.05) is 0 Å². The fraction of sp³-hybridized carbons (Fsp3) is 0.111. The number of nitrogens with zero attached hydrogens (tertiary/aromatic N) is 2. The highest BCUT2D eigenvalue weighted by atomic mass is 35.5. The second-order valence-electron chi connectivity index (χ2n) is 5.54. The molecule has 0 saturated heterocycles. The number of rotatable bonds is 4. The second-order valence-corrected chi connectivity index (χ2v) is 6.38. The fourth-order valence-corrected chi connectivity index (χ4v) is 2.98. The normalized spacial score (nSPS) is 10.7. The van der Waals surface area contributed by atoms with Crippen molar-refractivity contribution in [1.82, 2.24) is 15.1 Å². The highest BCUT2D eigenvalue weighted by Crippen LogP contribution is 2.29. The Morgan fingerprint density at radius 2 is 2.00 bits per heavy atom. The molecule has 0 atom stereocenters. The number of nitrogens with one attached hydrogen (secondary N) is 1. The predicted molar refractivity (Wildman–Crippen MR) is 98.6 cm³/mol. The molecular weight excluding hydrogens is 361 g/mol. The lowest BCUT2D eigenvalue weighted by molar-refractivity contribution is 0.194. The number of aryl methyl sites for hydroxylation is 1. The Balaban J connectivity index is 1.92. The summed E-state index contributed by atoms with van der Waals surface area (Å²) in [7, 11) is 0. The van der Waals surface area contributed by atoms with Gasteiger partial charge in [-0.05, 0) is 54.4 Å². The number of aromatic nitrogens is 2. The molecule has 7 heteroatoms. The second kappa shape index (κ2) is 7.17. The molecule has 2 aromatic carbocycles. The van der Waals surface area contributed by atoms with E-state index in [1.165, 1.54) is 0 Å². The van der Waals surface area contributed by atoms with Crippen LogP contribution in [0, 0.1) is 6.92 Å². The monoisotopic (exact) mass is 375 g/mol. The molecule has 0 aliphatic carbocycles. The van der Waals surface area contributed by atoms with Crippen LogP contribution in [0.5, 0.6) is 0 Å². The van der Waals surface area contributed by atoms with Gasteiger partial charge in [-0.25, -0.2) is 9.48 Å². The van der Waals surface area contributed by atoms with E-state index in [0.29, 0.717) is 10.0 Å². The van der Waals surface area contributed by atoms with Crippen molar-refractivity contribution in [2.24, 2.45) is 0 Å². The Hall–Kier alpha value is -2.50. The largest absolute Gasteiger partial charge is 0.465 e. The lowest BCUT2D eigenvalue weighted by Gasteiger charge is -2.09. The van der Waals surface area contributed by atoms with Gasteiger partial charge in [0.2, 0.25) is 0 Å². The summed E-state index contributed by atoms with van der Waals surface area (Å²) in [5.41, 5.74) is 4.26. The number of hydrogen-bond acceptors (Lipinski definition) is 2. The highest BCUT2D eigenvalue weighted by molar-refractivity contribution is 6.36. The van der Waals surface area contributed by atoms with Gasteiger partial charge in [-0.3, -0.25) is 0 Å². The molecule has 0 aliphatic heterocycles. The van der Waals surface area contributed by atoms with Gasteiger partial charge >= 0.3 is 6.09 Å². The minimum Gasteiger partial charge on any atom is -0.465 e. The van der Waals surface area contributed by atoms with Crippen molar-refractivity contribution in [2.45, 2.75) is 13.5 Å². The van der Waals surface area contributed by atoms with E-state index in [1.807, 2.05) is 43.5 Å². The molecule has 0 fully saturated rings. The van der Waals surface area contributed by atoms with Crippen molar-refractivity contribution < 1.29 is 9.90 Å². The Morgan fingerprint density at radius 1 is 1.20 bits per heavy atom. The molecule has 1 aromatic heterocycles. The van der Waals surface area contributed by atoms with E-state index in [4.69, 9.17) is 28.3 Å². The smallest absolute Gasteiger partial charge is 0.404 e. The van der Waals surface area contributed by atoms with E-state index in [0.717, 1.165) is 28.1 Å². The van der Waals surface area contributed by atoms with Crippen LogP contribution < -0.4 is 5.32 Å². The number of carbonyl (C=O) groups is 1. The van der Waals surface area contributed by atoms with Crippen LogP contribution in [0.4, 0.5) is 4.79 Å². The van der Waals surface area contributed by atoms with Gasteiger partial charge in [-0.15, -0.1) is 0 Å². The third kappa shape index (κ3) is 3.95. The van der Waals surface area contributed by atoms with Gasteiger partial charge in [0, 0.05) is 23.3 Å². The molecule has 0 aliphatic rings. The molecule has 128 valence electrons. The zero-order valence-corrected chi connectivity index (χ0v) is 14.8. The van der Waals surface area contributed by atoms with Gasteiger partial charge in [0.25, 0.3) is 0 Å². The van der Waals surface area contributed by atoms with Crippen LogP contribution >= 0.6 is 23.2 Å². The Labute approximate surface area is 154 Å². The predicted octanol–water partition coefficient (Wildman–Crippen LogP) is 4.92. The van der Waals surface area contributed by atoms with Crippen LogP contribution in [0.2, 0.25) is 10.0 Å². The first-order valence-corrected chi connectivity index (χ1v) is 8.27. The van der Waals surface area contributed by atoms with E-state index < -0.39 is 6.09 Å². The summed E-state index contributed by atoms with van der Waals surface area (Å²) in [6.07, 6.45) is 0.780. The Kier molecular flexibility index (Phi) is 4.97. The lowest BCUT2D eigenvalue weighted by Crippen LogP contribution is -2.20. The third-order valence-electron chi connectivity index (χ3n) is 3.82. The van der Waals surface area contributed by atoms with Gasteiger partial charge in [-0.1, -0.05) is 29.3 Å². The summed E-state index contributed by atoms with van der Waals surface area (Å²) in [4.78, 5) is 10.7. The van der Waals surface area contributed by atoms with Crippen LogP contribution in [0.3, 0.4) is 0 Å². The molecule has 0 radical (unpaired) electrons. The number of halogens is 2. The molecule has 3 aromatic rings. The summed E-state index contributed by atoms with van der Waals surface area (Å²) in [6.45, 7) is 2.18. The van der Waals surface area contributed by atoms with Crippen LogP contribution in [0.1, 0.15) is 11.1 Å². The van der Waals surface area contributed by atoms with Crippen molar-refractivity contribution in [3.63, 3.8) is 0 Å². The van der Waals surface area contributed by atoms with Crippen molar-refractivity contribution in [3.05, 3.63) is 69.8 Å². The fourth-order valence-electron chi connectivity index (χ4n) is 2.47. The molecular formula is C18H15Cl2N3O2. The van der Waals surface area contributed by atoms with Crippen molar-refractivity contribution in [3.8, 4) is 16.9 Å². The minimum absolute atomic E-state index is 0.242. The maximum atomic E-state index is 10.7. The van der Waals surface area contributed by atoms with Gasteiger partial charge in [0.15, 0.2) is 0 Å². The quantitative estimate of drug-likeness (QED) is 0.679. The summed E-state index contributed by atoms with van der Waals surface area (Å²) in [5.74, 6) is 0. The van der Waals surface area contributed by atoms with Crippen LogP contribution in [0.15, 0.2) is 48.7 Å². The molecule has 3 rings (SSSR count). The molecule has 0 bridgehead atoms. The number of hydrogen-bond donors (Lipinski definition) is 2. The van der Waals surface area contributed by atoms with Crippen LogP contribution in [-0.4, -0.2) is 21.0 Å². The first kappa shape index (κ1) is 17.3. The van der Waals surface area contributed by atoms with Gasteiger partial charge in [0.05, 0.1) is 16.4 Å². The standard InChI is InChI=1S/C18H15Cl2N3O2/c1-11-2-4-14(8-12(11)10-21-18(24)25)23-7-6-17(22-23)15-5-3-13(19)9-16(15)20/h2-9,21H,10H2,1H3,(H,24,25). The third-order valence-corrected chi connectivity index (χ3v) is 4.37. The SMILES string of the molecule is Cc1ccc(-n2ccc(-c3ccc(Cl)cc3Cl)n2)cc1CNC(=O)O. The minimum atomic E-state index is -1.05. The number of amides is 1. The molecule has 0 spiro atoms. The maximum absolute atomic E-state index is 10.7. The molecule has 5 nitrogen and oxygen atoms in total. The molecule has 1 amide bonds. The molecule has 1 heterocycles.